The highest BCUT2D eigenvalue weighted by molar-refractivity contribution is 6.16. The zero-order valence-corrected chi connectivity index (χ0v) is 60.3. The molecule has 112 heavy (non-hydrogen) atoms. The number of fused-ring (bicyclic) bond motifs is 12. The fourth-order valence-corrected chi connectivity index (χ4v) is 16.0. The van der Waals surface area contributed by atoms with E-state index in [0.29, 0.717) is 34.9 Å². The molecular formula is C102H64N8O2. The normalized spacial score (nSPS) is 11.6. The summed E-state index contributed by atoms with van der Waals surface area (Å²) in [5.74, 6) is 3.77. The first-order valence-electron chi connectivity index (χ1n) is 37.5. The van der Waals surface area contributed by atoms with Gasteiger partial charge in [0.1, 0.15) is 22.3 Å². The van der Waals surface area contributed by atoms with Crippen LogP contribution in [-0.2, 0) is 0 Å². The van der Waals surface area contributed by atoms with Gasteiger partial charge in [-0.25, -0.2) is 29.9 Å². The summed E-state index contributed by atoms with van der Waals surface area (Å²) in [5, 5.41) is 9.25. The molecule has 6 aromatic heterocycles. The van der Waals surface area contributed by atoms with Gasteiger partial charge in [-0.15, -0.1) is 0 Å². The summed E-state index contributed by atoms with van der Waals surface area (Å²) in [5.41, 5.74) is 24.7. The molecule has 0 aliphatic heterocycles. The SMILES string of the molecule is c1ccc(-c2nc(-c3ccccc3)nc(-c3ccc(-n4c5ccccc5c5cc(-c6ccc7oc8ccccc8c7c6)ccc54)c(-c4ccccc4)c3)n2)cc1.c1ccc(-c2nc(-c3ccccc3)nc(-c3ccc(-n4c5ccccc5c5cccc(-c6ccc7c(c6)oc6ccccc67)c54)c(-c4ccccc4)c3)n2)cc1. The highest BCUT2D eigenvalue weighted by Gasteiger charge is 2.24. The third kappa shape index (κ3) is 11.6. The van der Waals surface area contributed by atoms with E-state index in [-0.39, 0.29) is 0 Å². The third-order valence-electron chi connectivity index (χ3n) is 21.3. The number of hydrogen-bond donors (Lipinski definition) is 0. The monoisotopic (exact) mass is 1430 g/mol. The predicted octanol–water partition coefficient (Wildman–Crippen LogP) is 26.4. The minimum Gasteiger partial charge on any atom is -0.456 e. The number of furan rings is 2. The third-order valence-corrected chi connectivity index (χ3v) is 21.3. The lowest BCUT2D eigenvalue weighted by molar-refractivity contribution is 0.668. The molecule has 0 fully saturated rings. The van der Waals surface area contributed by atoms with E-state index in [4.69, 9.17) is 38.7 Å². The van der Waals surface area contributed by atoms with Gasteiger partial charge < -0.3 is 18.0 Å². The van der Waals surface area contributed by atoms with Crippen LogP contribution >= 0.6 is 0 Å². The Morgan fingerprint density at radius 1 is 0.170 bits per heavy atom. The van der Waals surface area contributed by atoms with Crippen LogP contribution in [0, 0.1) is 0 Å². The fraction of sp³-hybridized carbons (Fsp3) is 0. The van der Waals surface area contributed by atoms with Crippen molar-refractivity contribution in [2.24, 2.45) is 0 Å². The molecule has 0 aliphatic rings. The zero-order valence-electron chi connectivity index (χ0n) is 60.3. The molecule has 10 heteroatoms. The Balaban J connectivity index is 0.000000141. The van der Waals surface area contributed by atoms with Crippen molar-refractivity contribution in [3.05, 3.63) is 388 Å². The maximum Gasteiger partial charge on any atom is 0.164 e. The van der Waals surface area contributed by atoms with Crippen LogP contribution in [0.25, 0.3) is 212 Å². The molecule has 524 valence electrons. The van der Waals surface area contributed by atoms with Gasteiger partial charge in [-0.1, -0.05) is 291 Å². The van der Waals surface area contributed by atoms with E-state index in [1.807, 2.05) is 146 Å². The highest BCUT2D eigenvalue weighted by atomic mass is 16.3. The van der Waals surface area contributed by atoms with E-state index in [1.165, 1.54) is 21.5 Å². The van der Waals surface area contributed by atoms with Gasteiger partial charge in [0.05, 0.1) is 33.4 Å². The fourth-order valence-electron chi connectivity index (χ4n) is 16.0. The Bertz CT molecular complexity index is 7250. The molecule has 0 unspecified atom stereocenters. The topological polar surface area (TPSA) is 113 Å². The van der Waals surface area contributed by atoms with E-state index in [0.717, 1.165) is 155 Å². The number of benzene rings is 16. The molecule has 16 aromatic carbocycles. The van der Waals surface area contributed by atoms with E-state index in [9.17, 15) is 0 Å². The Labute approximate surface area is 643 Å². The quantitative estimate of drug-likeness (QED) is 0.119. The summed E-state index contributed by atoms with van der Waals surface area (Å²) in [6.45, 7) is 0. The van der Waals surface area contributed by atoms with Crippen molar-refractivity contribution in [3.8, 4) is 124 Å². The first-order chi connectivity index (χ1) is 55.5. The van der Waals surface area contributed by atoms with E-state index in [1.54, 1.807) is 0 Å². The van der Waals surface area contributed by atoms with Gasteiger partial charge in [-0.3, -0.25) is 0 Å². The van der Waals surface area contributed by atoms with Crippen molar-refractivity contribution in [1.82, 2.24) is 39.0 Å². The van der Waals surface area contributed by atoms with Crippen molar-refractivity contribution in [1.29, 1.82) is 0 Å². The van der Waals surface area contributed by atoms with Crippen LogP contribution < -0.4 is 0 Å². The molecule has 0 bridgehead atoms. The van der Waals surface area contributed by atoms with Gasteiger partial charge in [0.2, 0.25) is 0 Å². The van der Waals surface area contributed by atoms with E-state index in [2.05, 4.69) is 252 Å². The number of aromatic nitrogens is 8. The van der Waals surface area contributed by atoms with Crippen molar-refractivity contribution in [2.75, 3.05) is 0 Å². The molecule has 0 saturated carbocycles. The Hall–Kier alpha value is -15.3. The molecule has 0 aliphatic carbocycles. The summed E-state index contributed by atoms with van der Waals surface area (Å²) in [6, 6.07) is 135. The van der Waals surface area contributed by atoms with Crippen LogP contribution in [0.2, 0.25) is 0 Å². The summed E-state index contributed by atoms with van der Waals surface area (Å²) in [4.78, 5) is 30.2. The van der Waals surface area contributed by atoms with Crippen molar-refractivity contribution < 1.29 is 8.83 Å². The van der Waals surface area contributed by atoms with Gasteiger partial charge in [0.15, 0.2) is 34.9 Å². The van der Waals surface area contributed by atoms with Crippen molar-refractivity contribution in [2.45, 2.75) is 0 Å². The first kappa shape index (κ1) is 65.1. The Kier molecular flexibility index (Phi) is 16.0. The van der Waals surface area contributed by atoms with E-state index >= 15 is 0 Å². The largest absolute Gasteiger partial charge is 0.456 e. The standard InChI is InChI=1S/2C51H32N4O/c1-4-15-33(16-5-1)43-31-37(51-53-49(34-17-6-2-7-18-34)52-50(54-51)35-19-8-3-9-20-35)28-30-45(43)55-44-25-12-10-21-39(44)42-24-14-23-38(48(42)55)36-27-29-41-40-22-11-13-26-46(40)56-47(41)32-36;1-4-14-33(15-5-1)41-32-38(51-53-49(34-16-6-2-7-17-34)52-50(54-51)35-18-8-3-9-19-35)25-28-45(41)55-44-22-12-10-20-39(44)42-30-36(24-27-46(42)55)37-26-29-48-43(31-37)40-21-11-13-23-47(40)56-48/h2*1-32H. The molecule has 6 heterocycles. The molecule has 0 spiro atoms. The van der Waals surface area contributed by atoms with Crippen LogP contribution in [0.1, 0.15) is 0 Å². The lowest BCUT2D eigenvalue weighted by Gasteiger charge is -2.17. The smallest absolute Gasteiger partial charge is 0.164 e. The minimum absolute atomic E-state index is 0.614. The van der Waals surface area contributed by atoms with Crippen LogP contribution in [0.3, 0.4) is 0 Å². The molecule has 10 nitrogen and oxygen atoms in total. The van der Waals surface area contributed by atoms with Crippen LogP contribution in [0.15, 0.2) is 397 Å². The zero-order chi connectivity index (χ0) is 74.0. The van der Waals surface area contributed by atoms with E-state index < -0.39 is 0 Å². The molecule has 22 aromatic rings. The number of nitrogens with zero attached hydrogens (tertiary/aromatic N) is 8. The molecule has 0 atom stereocenters. The molecular weight excluding hydrogens is 1370 g/mol. The Morgan fingerprint density at radius 3 is 1.02 bits per heavy atom. The van der Waals surface area contributed by atoms with Gasteiger partial charge in [-0.2, -0.15) is 0 Å². The maximum absolute atomic E-state index is 6.38. The summed E-state index contributed by atoms with van der Waals surface area (Å²) < 4.78 is 17.3. The predicted molar refractivity (Wildman–Crippen MR) is 457 cm³/mol. The second-order valence-corrected chi connectivity index (χ2v) is 28.0. The number of para-hydroxylation sites is 5. The minimum atomic E-state index is 0.614. The summed E-state index contributed by atoms with van der Waals surface area (Å²) in [7, 11) is 0. The molecule has 22 rings (SSSR count). The molecule has 0 N–H and O–H groups in total. The molecule has 0 amide bonds. The number of rotatable bonds is 12. The first-order valence-corrected chi connectivity index (χ1v) is 37.5. The van der Waals surface area contributed by atoms with Gasteiger partial charge in [0.25, 0.3) is 0 Å². The summed E-state index contributed by atoms with van der Waals surface area (Å²) in [6.07, 6.45) is 0. The van der Waals surface area contributed by atoms with Gasteiger partial charge in [-0.05, 0) is 125 Å². The van der Waals surface area contributed by atoms with Crippen molar-refractivity contribution >= 4 is 87.5 Å². The van der Waals surface area contributed by atoms with Crippen LogP contribution in [0.4, 0.5) is 0 Å². The highest BCUT2D eigenvalue weighted by Crippen LogP contribution is 2.45. The average molecular weight is 1430 g/mol. The second-order valence-electron chi connectivity index (χ2n) is 28.0. The lowest BCUT2D eigenvalue weighted by Crippen LogP contribution is -2.02. The van der Waals surface area contributed by atoms with Gasteiger partial charge in [0, 0.05) is 93.2 Å². The van der Waals surface area contributed by atoms with Crippen LogP contribution in [0.5, 0.6) is 0 Å². The van der Waals surface area contributed by atoms with Gasteiger partial charge >= 0.3 is 0 Å². The maximum atomic E-state index is 6.38. The average Bonchev–Trinajstić information content (AvgIpc) is 1.56. The summed E-state index contributed by atoms with van der Waals surface area (Å²) >= 11 is 0. The molecule has 0 saturated heterocycles. The van der Waals surface area contributed by atoms with Crippen molar-refractivity contribution in [3.63, 3.8) is 0 Å². The molecule has 0 radical (unpaired) electrons. The second kappa shape index (κ2) is 27.5. The Morgan fingerprint density at radius 2 is 0.509 bits per heavy atom. The lowest BCUT2D eigenvalue weighted by atomic mass is 9.98. The number of hydrogen-bond acceptors (Lipinski definition) is 8. The van der Waals surface area contributed by atoms with Crippen LogP contribution in [-0.4, -0.2) is 39.0 Å².